The van der Waals surface area contributed by atoms with E-state index in [9.17, 15) is 14.7 Å². The zero-order chi connectivity index (χ0) is 35.0. The molecule has 0 rings (SSSR count). The number of esters is 2. The average Bonchev–Trinajstić information content (AvgIpc) is 3.09. The number of aliphatic hydroxyl groups is 1. The SMILES string of the molecule is CCC=CCC=CCC=CCCCCCCCC(=O)OC(CO)COC(=O)CCCCCC=CCC=CCC=CCC=CCCCCC. The fourth-order valence-corrected chi connectivity index (χ4v) is 4.78. The van der Waals surface area contributed by atoms with Gasteiger partial charge in [0, 0.05) is 12.8 Å². The summed E-state index contributed by atoms with van der Waals surface area (Å²) in [5.41, 5.74) is 0. The van der Waals surface area contributed by atoms with E-state index in [0.29, 0.717) is 12.8 Å². The predicted molar refractivity (Wildman–Crippen MR) is 205 cm³/mol. The van der Waals surface area contributed by atoms with Gasteiger partial charge in [0.2, 0.25) is 0 Å². The van der Waals surface area contributed by atoms with Gasteiger partial charge in [-0.05, 0) is 89.9 Å². The number of carbonyl (C=O) groups excluding carboxylic acids is 2. The van der Waals surface area contributed by atoms with Crippen LogP contribution in [0.5, 0.6) is 0 Å². The van der Waals surface area contributed by atoms with Crippen molar-refractivity contribution in [1.82, 2.24) is 0 Å². The fourth-order valence-electron chi connectivity index (χ4n) is 4.78. The van der Waals surface area contributed by atoms with Crippen molar-refractivity contribution < 1.29 is 24.2 Å². The van der Waals surface area contributed by atoms with Crippen molar-refractivity contribution in [3.8, 4) is 0 Å². The first-order valence-electron chi connectivity index (χ1n) is 19.1. The summed E-state index contributed by atoms with van der Waals surface area (Å²) in [6.07, 6.45) is 52.1. The largest absolute Gasteiger partial charge is 0.462 e. The molecule has 5 heteroatoms. The first kappa shape index (κ1) is 45.1. The molecule has 0 aliphatic heterocycles. The second kappa shape index (κ2) is 38.5. The van der Waals surface area contributed by atoms with Gasteiger partial charge in [0.25, 0.3) is 0 Å². The van der Waals surface area contributed by atoms with Gasteiger partial charge < -0.3 is 14.6 Å². The van der Waals surface area contributed by atoms with Crippen LogP contribution in [-0.2, 0) is 19.1 Å². The minimum atomic E-state index is -0.798. The zero-order valence-electron chi connectivity index (χ0n) is 30.7. The lowest BCUT2D eigenvalue weighted by molar-refractivity contribution is -0.161. The lowest BCUT2D eigenvalue weighted by Crippen LogP contribution is -2.28. The molecule has 0 spiro atoms. The maximum atomic E-state index is 12.1. The third kappa shape index (κ3) is 35.9. The molecule has 0 aromatic carbocycles. The van der Waals surface area contributed by atoms with Crippen LogP contribution in [-0.4, -0.2) is 36.4 Å². The smallest absolute Gasteiger partial charge is 0.306 e. The predicted octanol–water partition coefficient (Wildman–Crippen LogP) is 11.9. The summed E-state index contributed by atoms with van der Waals surface area (Å²) < 4.78 is 10.6. The molecule has 0 radical (unpaired) electrons. The first-order chi connectivity index (χ1) is 23.6. The maximum Gasteiger partial charge on any atom is 0.306 e. The van der Waals surface area contributed by atoms with Gasteiger partial charge in [-0.3, -0.25) is 9.59 Å². The Labute approximate surface area is 295 Å². The van der Waals surface area contributed by atoms with Crippen molar-refractivity contribution in [1.29, 1.82) is 0 Å². The Bertz CT molecular complexity index is 937. The van der Waals surface area contributed by atoms with E-state index in [4.69, 9.17) is 9.47 Å². The van der Waals surface area contributed by atoms with E-state index in [1.807, 2.05) is 0 Å². The standard InChI is InChI=1S/C43H70O5/c1-3-5-7-9-11-13-15-17-19-20-21-22-24-25-27-29-31-33-35-37-42(45)47-40-41(39-44)48-43(46)38-36-34-32-30-28-26-23-18-16-14-12-10-8-6-4-2/h6,8,11-14,17-19,21-23,25,27,41,44H,3-5,7,9-10,15-16,20,24,26,28-40H2,1-2H3. The molecule has 0 heterocycles. The minimum absolute atomic E-state index is 0.0947. The summed E-state index contributed by atoms with van der Waals surface area (Å²) in [7, 11) is 0. The number of rotatable bonds is 33. The number of hydrogen-bond acceptors (Lipinski definition) is 5. The molecule has 0 bridgehead atoms. The number of carbonyl (C=O) groups is 2. The molecule has 0 aliphatic rings. The quantitative estimate of drug-likeness (QED) is 0.0429. The number of unbranched alkanes of at least 4 members (excludes halogenated alkanes) is 11. The Kier molecular flexibility index (Phi) is 36.2. The summed E-state index contributed by atoms with van der Waals surface area (Å²) in [5.74, 6) is -0.656. The first-order valence-corrected chi connectivity index (χ1v) is 19.1. The van der Waals surface area contributed by atoms with Crippen molar-refractivity contribution in [2.45, 2.75) is 161 Å². The number of ether oxygens (including phenoxy) is 2. The van der Waals surface area contributed by atoms with Gasteiger partial charge in [-0.15, -0.1) is 0 Å². The molecular formula is C43H70O5. The van der Waals surface area contributed by atoms with E-state index in [1.54, 1.807) is 0 Å². The van der Waals surface area contributed by atoms with Crippen LogP contribution in [0.15, 0.2) is 85.1 Å². The van der Waals surface area contributed by atoms with Crippen LogP contribution < -0.4 is 0 Å². The molecule has 0 amide bonds. The monoisotopic (exact) mass is 667 g/mol. The number of hydrogen-bond donors (Lipinski definition) is 1. The minimum Gasteiger partial charge on any atom is -0.462 e. The molecule has 5 nitrogen and oxygen atoms in total. The van der Waals surface area contributed by atoms with Crippen molar-refractivity contribution in [2.24, 2.45) is 0 Å². The summed E-state index contributed by atoms with van der Waals surface area (Å²) in [6, 6.07) is 0. The molecule has 0 saturated heterocycles. The van der Waals surface area contributed by atoms with Crippen LogP contribution in [0, 0.1) is 0 Å². The van der Waals surface area contributed by atoms with Crippen LogP contribution >= 0.6 is 0 Å². The molecule has 1 unspecified atom stereocenters. The normalized spacial score (nSPS) is 13.1. The molecule has 1 N–H and O–H groups in total. The maximum absolute atomic E-state index is 12.1. The Morgan fingerprint density at radius 3 is 1.38 bits per heavy atom. The van der Waals surface area contributed by atoms with Crippen LogP contribution in [0.2, 0.25) is 0 Å². The zero-order valence-corrected chi connectivity index (χ0v) is 30.7. The summed E-state index contributed by atoms with van der Waals surface area (Å²) in [4.78, 5) is 24.2. The Morgan fingerprint density at radius 2 is 0.896 bits per heavy atom. The van der Waals surface area contributed by atoms with Gasteiger partial charge in [0.05, 0.1) is 6.61 Å². The summed E-state index contributed by atoms with van der Waals surface area (Å²) in [5, 5.41) is 9.54. The molecule has 0 aromatic rings. The van der Waals surface area contributed by atoms with Gasteiger partial charge in [-0.2, -0.15) is 0 Å². The Balaban J connectivity index is 3.70. The molecule has 0 aliphatic carbocycles. The third-order valence-electron chi connectivity index (χ3n) is 7.67. The highest BCUT2D eigenvalue weighted by Crippen LogP contribution is 2.10. The summed E-state index contributed by atoms with van der Waals surface area (Å²) in [6.45, 7) is 3.93. The molecule has 48 heavy (non-hydrogen) atoms. The van der Waals surface area contributed by atoms with E-state index in [1.165, 1.54) is 25.7 Å². The molecule has 0 aromatic heterocycles. The second-order valence-electron chi connectivity index (χ2n) is 12.3. The lowest BCUT2D eigenvalue weighted by atomic mass is 10.1. The highest BCUT2D eigenvalue weighted by molar-refractivity contribution is 5.70. The van der Waals surface area contributed by atoms with Gasteiger partial charge >= 0.3 is 11.9 Å². The van der Waals surface area contributed by atoms with E-state index in [2.05, 4.69) is 98.9 Å². The molecule has 0 saturated carbocycles. The van der Waals surface area contributed by atoms with E-state index in [0.717, 1.165) is 103 Å². The van der Waals surface area contributed by atoms with E-state index in [-0.39, 0.29) is 25.2 Å². The molecule has 0 fully saturated rings. The van der Waals surface area contributed by atoms with E-state index < -0.39 is 6.10 Å². The molecule has 272 valence electrons. The Morgan fingerprint density at radius 1 is 0.500 bits per heavy atom. The van der Waals surface area contributed by atoms with Crippen LogP contribution in [0.1, 0.15) is 155 Å². The fraction of sp³-hybridized carbons (Fsp3) is 0.628. The van der Waals surface area contributed by atoms with Gasteiger partial charge in [-0.1, -0.05) is 137 Å². The highest BCUT2D eigenvalue weighted by atomic mass is 16.6. The molecule has 1 atom stereocenters. The number of aliphatic hydroxyl groups excluding tert-OH is 1. The Hall–Kier alpha value is -2.92. The van der Waals surface area contributed by atoms with Gasteiger partial charge in [-0.25, -0.2) is 0 Å². The van der Waals surface area contributed by atoms with Crippen molar-refractivity contribution in [3.05, 3.63) is 85.1 Å². The van der Waals surface area contributed by atoms with Gasteiger partial charge in [0.15, 0.2) is 6.10 Å². The van der Waals surface area contributed by atoms with Gasteiger partial charge in [0.1, 0.15) is 6.61 Å². The highest BCUT2D eigenvalue weighted by Gasteiger charge is 2.16. The van der Waals surface area contributed by atoms with Crippen molar-refractivity contribution in [2.75, 3.05) is 13.2 Å². The summed E-state index contributed by atoms with van der Waals surface area (Å²) >= 11 is 0. The number of allylic oxidation sites excluding steroid dienone is 14. The molecular weight excluding hydrogens is 596 g/mol. The second-order valence-corrected chi connectivity index (χ2v) is 12.3. The lowest BCUT2D eigenvalue weighted by Gasteiger charge is -2.15. The topological polar surface area (TPSA) is 72.8 Å². The van der Waals surface area contributed by atoms with Crippen molar-refractivity contribution >= 4 is 11.9 Å². The van der Waals surface area contributed by atoms with E-state index >= 15 is 0 Å². The van der Waals surface area contributed by atoms with Crippen LogP contribution in [0.25, 0.3) is 0 Å². The van der Waals surface area contributed by atoms with Crippen molar-refractivity contribution in [3.63, 3.8) is 0 Å². The third-order valence-corrected chi connectivity index (χ3v) is 7.67. The van der Waals surface area contributed by atoms with Crippen LogP contribution in [0.3, 0.4) is 0 Å². The van der Waals surface area contributed by atoms with Crippen LogP contribution in [0.4, 0.5) is 0 Å². The average molecular weight is 667 g/mol.